The summed E-state index contributed by atoms with van der Waals surface area (Å²) in [5.41, 5.74) is 1.43. The zero-order chi connectivity index (χ0) is 17.9. The molecule has 1 amide bonds. The van der Waals surface area contributed by atoms with Crippen molar-refractivity contribution in [3.8, 4) is 0 Å². The molecule has 2 aromatic heterocycles. The van der Waals surface area contributed by atoms with E-state index in [-0.39, 0.29) is 16.8 Å². The number of hydrogen-bond donors (Lipinski definition) is 2. The molecule has 1 atom stereocenters. The second kappa shape index (κ2) is 7.34. The van der Waals surface area contributed by atoms with E-state index in [9.17, 15) is 13.2 Å². The van der Waals surface area contributed by atoms with E-state index in [2.05, 4.69) is 15.0 Å². The highest BCUT2D eigenvalue weighted by atomic mass is 32.2. The Bertz CT molecular complexity index is 934. The number of hydrogen-bond acceptors (Lipinski definition) is 6. The summed E-state index contributed by atoms with van der Waals surface area (Å²) in [5.74, 6) is -0.254. The molecule has 3 aromatic rings. The molecule has 3 rings (SSSR count). The third-order valence-corrected chi connectivity index (χ3v) is 6.35. The fourth-order valence-corrected chi connectivity index (χ4v) is 4.66. The molecule has 0 saturated carbocycles. The number of nitrogens with zero attached hydrogens (tertiary/aromatic N) is 1. The lowest BCUT2D eigenvalue weighted by atomic mass is 10.1. The topological polar surface area (TPSA) is 88.2 Å². The van der Waals surface area contributed by atoms with Gasteiger partial charge in [0.15, 0.2) is 5.13 Å². The summed E-state index contributed by atoms with van der Waals surface area (Å²) in [6.45, 7) is 1.90. The highest BCUT2D eigenvalue weighted by molar-refractivity contribution is 7.93. The van der Waals surface area contributed by atoms with E-state index in [1.54, 1.807) is 16.7 Å². The number of sulfonamides is 1. The zero-order valence-electron chi connectivity index (χ0n) is 13.2. The largest absolute Gasteiger partial charge is 0.345 e. The van der Waals surface area contributed by atoms with Crippen LogP contribution in [-0.2, 0) is 10.0 Å². The average Bonchev–Trinajstić information content (AvgIpc) is 3.28. The number of carbonyl (C=O) groups is 1. The first-order valence-electron chi connectivity index (χ1n) is 7.31. The Kier molecular flexibility index (Phi) is 5.16. The van der Waals surface area contributed by atoms with Crippen LogP contribution in [0.15, 0.2) is 57.6 Å². The van der Waals surface area contributed by atoms with Crippen molar-refractivity contribution in [3.63, 3.8) is 0 Å². The normalized spacial score (nSPS) is 12.5. The number of nitrogens with one attached hydrogen (secondary N) is 2. The minimum Gasteiger partial charge on any atom is -0.345 e. The summed E-state index contributed by atoms with van der Waals surface area (Å²) in [7, 11) is -3.72. The Balaban J connectivity index is 1.70. The summed E-state index contributed by atoms with van der Waals surface area (Å²) in [4.78, 5) is 16.3. The Morgan fingerprint density at radius 2 is 1.92 bits per heavy atom. The van der Waals surface area contributed by atoms with Crippen LogP contribution >= 0.6 is 22.7 Å². The van der Waals surface area contributed by atoms with Crippen LogP contribution < -0.4 is 10.0 Å². The second-order valence-corrected chi connectivity index (χ2v) is 8.58. The predicted molar refractivity (Wildman–Crippen MR) is 99.6 cm³/mol. The molecule has 0 aliphatic carbocycles. The van der Waals surface area contributed by atoms with Crippen molar-refractivity contribution >= 4 is 43.7 Å². The van der Waals surface area contributed by atoms with Crippen LogP contribution in [0, 0.1) is 0 Å². The molecule has 0 fully saturated rings. The lowest BCUT2D eigenvalue weighted by Crippen LogP contribution is -2.26. The molecule has 9 heteroatoms. The zero-order valence-corrected chi connectivity index (χ0v) is 15.6. The summed E-state index contributed by atoms with van der Waals surface area (Å²) in [6.07, 6.45) is 1.52. The van der Waals surface area contributed by atoms with Gasteiger partial charge in [0.05, 0.1) is 10.9 Å². The van der Waals surface area contributed by atoms with E-state index in [1.807, 2.05) is 23.8 Å². The van der Waals surface area contributed by atoms with Crippen molar-refractivity contribution in [1.29, 1.82) is 0 Å². The smallest absolute Gasteiger partial charge is 0.263 e. The van der Waals surface area contributed by atoms with E-state index >= 15 is 0 Å². The Morgan fingerprint density at radius 3 is 2.52 bits per heavy atom. The molecule has 6 nitrogen and oxygen atoms in total. The molecule has 2 heterocycles. The van der Waals surface area contributed by atoms with E-state index < -0.39 is 10.0 Å². The van der Waals surface area contributed by atoms with Gasteiger partial charge in [-0.25, -0.2) is 13.4 Å². The molecule has 1 aromatic carbocycles. The fraction of sp³-hybridized carbons (Fsp3) is 0.125. The molecule has 0 bridgehead atoms. The second-order valence-electron chi connectivity index (χ2n) is 5.22. The standard InChI is InChI=1S/C16H15N3O3S3/c1-11(13-6-8-23-10-13)18-15(20)12-2-4-14(5-3-12)25(21,22)19-16-17-7-9-24-16/h2-11H,1H3,(H,17,19)(H,18,20). The Labute approximate surface area is 153 Å². The number of benzene rings is 1. The summed E-state index contributed by atoms with van der Waals surface area (Å²) < 4.78 is 26.9. The van der Waals surface area contributed by atoms with Crippen LogP contribution in [0.4, 0.5) is 5.13 Å². The number of thiazole rings is 1. The number of amides is 1. The van der Waals surface area contributed by atoms with E-state index in [0.29, 0.717) is 10.7 Å². The fourth-order valence-electron chi connectivity index (χ4n) is 2.12. The van der Waals surface area contributed by atoms with Crippen LogP contribution in [0.2, 0.25) is 0 Å². The number of carbonyl (C=O) groups excluding carboxylic acids is 1. The molecular formula is C16H15N3O3S3. The van der Waals surface area contributed by atoms with Crippen LogP contribution in [-0.4, -0.2) is 19.3 Å². The van der Waals surface area contributed by atoms with Crippen LogP contribution in [0.3, 0.4) is 0 Å². The van der Waals surface area contributed by atoms with Crippen LogP contribution in [0.25, 0.3) is 0 Å². The lowest BCUT2D eigenvalue weighted by Gasteiger charge is -2.13. The Morgan fingerprint density at radius 1 is 1.16 bits per heavy atom. The number of rotatable bonds is 6. The van der Waals surface area contributed by atoms with Gasteiger partial charge in [-0.1, -0.05) is 0 Å². The van der Waals surface area contributed by atoms with E-state index in [4.69, 9.17) is 0 Å². The molecule has 0 aliphatic rings. The molecule has 1 unspecified atom stereocenters. The highest BCUT2D eigenvalue weighted by Crippen LogP contribution is 2.19. The van der Waals surface area contributed by atoms with Crippen LogP contribution in [0.5, 0.6) is 0 Å². The first kappa shape index (κ1) is 17.6. The molecule has 0 saturated heterocycles. The van der Waals surface area contributed by atoms with Crippen molar-refractivity contribution in [3.05, 3.63) is 63.8 Å². The van der Waals surface area contributed by atoms with Gasteiger partial charge in [-0.15, -0.1) is 11.3 Å². The van der Waals surface area contributed by atoms with Crippen LogP contribution in [0.1, 0.15) is 28.9 Å². The SMILES string of the molecule is CC(NC(=O)c1ccc(S(=O)(=O)Nc2nccs2)cc1)c1ccsc1. The Hall–Kier alpha value is -2.23. The predicted octanol–water partition coefficient (Wildman–Crippen LogP) is 3.50. The van der Waals surface area contributed by atoms with Gasteiger partial charge in [-0.05, 0) is 53.6 Å². The van der Waals surface area contributed by atoms with Crippen molar-refractivity contribution < 1.29 is 13.2 Å². The first-order chi connectivity index (χ1) is 12.0. The van der Waals surface area contributed by atoms with Gasteiger partial charge in [0.1, 0.15) is 0 Å². The first-order valence-corrected chi connectivity index (χ1v) is 10.6. The van der Waals surface area contributed by atoms with Gasteiger partial charge in [0.2, 0.25) is 0 Å². The molecule has 25 heavy (non-hydrogen) atoms. The van der Waals surface area contributed by atoms with Crippen molar-refractivity contribution in [2.75, 3.05) is 4.72 Å². The minimum atomic E-state index is -3.72. The van der Waals surface area contributed by atoms with E-state index in [1.165, 1.54) is 41.8 Å². The van der Waals surface area contributed by atoms with Gasteiger partial charge in [0, 0.05) is 17.1 Å². The quantitative estimate of drug-likeness (QED) is 0.671. The lowest BCUT2D eigenvalue weighted by molar-refractivity contribution is 0.0940. The third-order valence-electron chi connectivity index (χ3n) is 3.47. The average molecular weight is 394 g/mol. The van der Waals surface area contributed by atoms with Gasteiger partial charge in [0.25, 0.3) is 15.9 Å². The molecular weight excluding hydrogens is 378 g/mol. The molecule has 0 radical (unpaired) electrons. The van der Waals surface area contributed by atoms with E-state index in [0.717, 1.165) is 5.56 Å². The van der Waals surface area contributed by atoms with Gasteiger partial charge in [-0.3, -0.25) is 9.52 Å². The number of thiophene rings is 1. The number of aromatic nitrogens is 1. The van der Waals surface area contributed by atoms with Gasteiger partial charge in [-0.2, -0.15) is 11.3 Å². The summed E-state index contributed by atoms with van der Waals surface area (Å²) >= 11 is 2.76. The highest BCUT2D eigenvalue weighted by Gasteiger charge is 2.17. The maximum absolute atomic E-state index is 12.3. The van der Waals surface area contributed by atoms with Crippen molar-refractivity contribution in [2.24, 2.45) is 0 Å². The monoisotopic (exact) mass is 393 g/mol. The maximum Gasteiger partial charge on any atom is 0.263 e. The van der Waals surface area contributed by atoms with Crippen molar-refractivity contribution in [1.82, 2.24) is 10.3 Å². The molecule has 2 N–H and O–H groups in total. The summed E-state index contributed by atoms with van der Waals surface area (Å²) in [6, 6.07) is 7.63. The molecule has 130 valence electrons. The molecule has 0 spiro atoms. The third kappa shape index (κ3) is 4.25. The van der Waals surface area contributed by atoms with Crippen molar-refractivity contribution in [2.45, 2.75) is 17.9 Å². The minimum absolute atomic E-state index is 0.0742. The molecule has 0 aliphatic heterocycles. The summed E-state index contributed by atoms with van der Waals surface area (Å²) in [5, 5.41) is 8.79. The maximum atomic E-state index is 12.3. The van der Waals surface area contributed by atoms with Gasteiger partial charge >= 0.3 is 0 Å². The van der Waals surface area contributed by atoms with Gasteiger partial charge < -0.3 is 5.32 Å². The number of anilines is 1.